The molecular weight excluding hydrogens is 810 g/mol. The van der Waals surface area contributed by atoms with Gasteiger partial charge in [0.1, 0.15) is 17.4 Å². The predicted molar refractivity (Wildman–Crippen MR) is 221 cm³/mol. The number of alkyl halides is 3. The van der Waals surface area contributed by atoms with Crippen LogP contribution in [0.25, 0.3) is 16.6 Å². The number of hydrogen-bond acceptors (Lipinski definition) is 11. The molecule has 324 valence electrons. The monoisotopic (exact) mass is 854 g/mol. The second-order valence-electron chi connectivity index (χ2n) is 15.8. The molecule has 62 heavy (non-hydrogen) atoms. The molecule has 0 spiro atoms. The van der Waals surface area contributed by atoms with Crippen LogP contribution in [0.15, 0.2) is 79.0 Å². The number of aromatic nitrogens is 3. The maximum atomic E-state index is 13.3. The van der Waals surface area contributed by atoms with E-state index in [-0.39, 0.29) is 29.7 Å². The van der Waals surface area contributed by atoms with Gasteiger partial charge in [-0.15, -0.1) is 0 Å². The van der Waals surface area contributed by atoms with Crippen molar-refractivity contribution >= 4 is 51.8 Å². The molecule has 4 N–H and O–H groups in total. The van der Waals surface area contributed by atoms with Crippen LogP contribution >= 0.6 is 0 Å². The van der Waals surface area contributed by atoms with Gasteiger partial charge in [0.15, 0.2) is 0 Å². The Kier molecular flexibility index (Phi) is 12.5. The van der Waals surface area contributed by atoms with Gasteiger partial charge in [-0.1, -0.05) is 24.3 Å². The van der Waals surface area contributed by atoms with E-state index in [4.69, 9.17) is 4.74 Å². The van der Waals surface area contributed by atoms with E-state index in [0.717, 1.165) is 41.2 Å². The van der Waals surface area contributed by atoms with Crippen LogP contribution in [0.2, 0.25) is 0 Å². The first-order valence-corrected chi connectivity index (χ1v) is 20.0. The van der Waals surface area contributed by atoms with Crippen molar-refractivity contribution in [3.05, 3.63) is 113 Å². The molecule has 5 amide bonds. The second kappa shape index (κ2) is 17.8. The Morgan fingerprint density at radius 2 is 1.71 bits per heavy atom. The van der Waals surface area contributed by atoms with E-state index in [1.54, 1.807) is 41.2 Å². The average molecular weight is 855 g/mol. The number of pyridine rings is 1. The third-order valence-electron chi connectivity index (χ3n) is 10.6. The van der Waals surface area contributed by atoms with Gasteiger partial charge in [0.05, 0.1) is 27.9 Å². The number of piperidine rings is 1. The maximum absolute atomic E-state index is 13.3. The Morgan fingerprint density at radius 3 is 2.44 bits per heavy atom. The number of hydrogen-bond donors (Lipinski definition) is 4. The number of nitrogens with zero attached hydrogens (tertiary/aromatic N) is 5. The minimum absolute atomic E-state index is 0.0527. The molecule has 1 fully saturated rings. The Bertz CT molecular complexity index is 2530. The summed E-state index contributed by atoms with van der Waals surface area (Å²) in [4.78, 5) is 70.0. The number of halogens is 3. The topological polar surface area (TPSA) is 188 Å². The van der Waals surface area contributed by atoms with Crippen LogP contribution in [0.5, 0.6) is 0 Å². The third-order valence-corrected chi connectivity index (χ3v) is 10.6. The number of anilines is 2. The van der Waals surface area contributed by atoms with Crippen molar-refractivity contribution < 1.29 is 47.0 Å². The number of carbonyl (C=O) groups excluding carboxylic acids is 5. The summed E-state index contributed by atoms with van der Waals surface area (Å²) in [5, 5.41) is 24.3. The molecule has 0 radical (unpaired) electrons. The number of aliphatic hydroxyl groups is 1. The lowest BCUT2D eigenvalue weighted by Gasteiger charge is -2.27. The molecule has 5 aromatic rings. The molecule has 2 aliphatic heterocycles. The molecule has 15 nitrogen and oxygen atoms in total. The number of amides is 5. The molecule has 4 heterocycles. The van der Waals surface area contributed by atoms with Gasteiger partial charge < -0.3 is 25.4 Å². The Labute approximate surface area is 354 Å². The zero-order chi connectivity index (χ0) is 44.3. The zero-order valence-corrected chi connectivity index (χ0v) is 34.2. The minimum atomic E-state index is -4.72. The Morgan fingerprint density at radius 1 is 0.968 bits per heavy atom. The SMILES string of the molecule is CN(CCCOCCCNc1cccc2c1C(=O)N(C1CCC(=O)NC1=O)C2=O)Cc1ccc(-n2cc3cc(NC(=O)c4cccc(C(F)(F)F)n4)c(C(C)(C)O)cc3n2)cc1. The van der Waals surface area contributed by atoms with Crippen LogP contribution in [-0.4, -0.2) is 98.6 Å². The molecule has 1 saturated heterocycles. The van der Waals surface area contributed by atoms with E-state index in [9.17, 15) is 42.3 Å². The van der Waals surface area contributed by atoms with Gasteiger partial charge in [0.2, 0.25) is 11.8 Å². The molecule has 0 saturated carbocycles. The summed E-state index contributed by atoms with van der Waals surface area (Å²) >= 11 is 0. The number of carbonyl (C=O) groups is 5. The standard InChI is InChI=1S/C44H45F3N8O7/c1-43(2,61)30-23-33-27(22-34(30)50-39(57)32-10-5-11-36(49-32)44(45,46)47)25-54(52-33)28-14-12-26(13-15-28)24-53(3)19-7-21-62-20-6-18-48-31-9-4-8-29-38(31)42(60)55(41(29)59)35-16-17-37(56)51-40(35)58/h4-5,8-15,22-23,25,35,48,61H,6-7,16-21,24H2,1-3H3,(H,50,57)(H,51,56,58). The number of imide groups is 2. The molecule has 1 atom stereocenters. The highest BCUT2D eigenvalue weighted by atomic mass is 19.4. The smallest absolute Gasteiger partial charge is 0.386 e. The highest BCUT2D eigenvalue weighted by molar-refractivity contribution is 6.25. The van der Waals surface area contributed by atoms with Gasteiger partial charge in [-0.3, -0.25) is 34.2 Å². The van der Waals surface area contributed by atoms with E-state index in [0.29, 0.717) is 54.9 Å². The summed E-state index contributed by atoms with van der Waals surface area (Å²) in [7, 11) is 2.02. The number of fused-ring (bicyclic) bond motifs is 2. The van der Waals surface area contributed by atoms with E-state index >= 15 is 0 Å². The molecule has 18 heteroatoms. The van der Waals surface area contributed by atoms with Crippen LogP contribution < -0.4 is 16.0 Å². The van der Waals surface area contributed by atoms with Crippen molar-refractivity contribution in [1.29, 1.82) is 0 Å². The lowest BCUT2D eigenvalue weighted by atomic mass is 9.95. The van der Waals surface area contributed by atoms with E-state index in [1.165, 1.54) is 19.9 Å². The van der Waals surface area contributed by atoms with Crippen molar-refractivity contribution in [3.63, 3.8) is 0 Å². The fraction of sp³-hybridized carbons (Fsp3) is 0.341. The first-order chi connectivity index (χ1) is 29.5. The summed E-state index contributed by atoms with van der Waals surface area (Å²) < 4.78 is 47.2. The Balaban J connectivity index is 0.864. The summed E-state index contributed by atoms with van der Waals surface area (Å²) in [5.74, 6) is -3.05. The van der Waals surface area contributed by atoms with Gasteiger partial charge >= 0.3 is 6.18 Å². The normalized spacial score (nSPS) is 15.7. The molecule has 7 rings (SSSR count). The van der Waals surface area contributed by atoms with E-state index < -0.39 is 58.7 Å². The first-order valence-electron chi connectivity index (χ1n) is 20.0. The predicted octanol–water partition coefficient (Wildman–Crippen LogP) is 5.66. The van der Waals surface area contributed by atoms with Crippen LogP contribution in [0.4, 0.5) is 24.5 Å². The van der Waals surface area contributed by atoms with Crippen LogP contribution in [0.1, 0.15) is 87.6 Å². The molecular formula is C44H45F3N8O7. The second-order valence-corrected chi connectivity index (χ2v) is 15.8. The number of ether oxygens (including phenoxy) is 1. The quantitative estimate of drug-likeness (QED) is 0.0709. The fourth-order valence-electron chi connectivity index (χ4n) is 7.46. The molecule has 2 aliphatic rings. The summed E-state index contributed by atoms with van der Waals surface area (Å²) in [5.41, 5.74) is 0.814. The summed E-state index contributed by atoms with van der Waals surface area (Å²) in [6.45, 7) is 6.06. The third kappa shape index (κ3) is 9.67. The van der Waals surface area contributed by atoms with Crippen LogP contribution in [0.3, 0.4) is 0 Å². The van der Waals surface area contributed by atoms with Gasteiger partial charge in [-0.2, -0.15) is 18.3 Å². The zero-order valence-electron chi connectivity index (χ0n) is 34.2. The molecule has 1 unspecified atom stereocenters. The molecule has 3 aromatic carbocycles. The van der Waals surface area contributed by atoms with Gasteiger partial charge in [-0.05, 0) is 94.3 Å². The van der Waals surface area contributed by atoms with Crippen molar-refractivity contribution in [2.45, 2.75) is 63.9 Å². The number of benzene rings is 3. The van der Waals surface area contributed by atoms with Gasteiger partial charge in [-0.25, -0.2) is 9.67 Å². The van der Waals surface area contributed by atoms with Crippen LogP contribution in [0, 0.1) is 0 Å². The fourth-order valence-corrected chi connectivity index (χ4v) is 7.46. The van der Waals surface area contributed by atoms with E-state index in [2.05, 4.69) is 30.9 Å². The lowest BCUT2D eigenvalue weighted by molar-refractivity contribution is -0.141. The largest absolute Gasteiger partial charge is 0.433 e. The Hall–Kier alpha value is -6.50. The maximum Gasteiger partial charge on any atom is 0.433 e. The van der Waals surface area contributed by atoms with Crippen LogP contribution in [-0.2, 0) is 32.6 Å². The summed E-state index contributed by atoms with van der Waals surface area (Å²) in [6, 6.07) is 18.1. The molecule has 0 bridgehead atoms. The van der Waals surface area contributed by atoms with E-state index in [1.807, 2.05) is 31.3 Å². The minimum Gasteiger partial charge on any atom is -0.386 e. The van der Waals surface area contributed by atoms with Gasteiger partial charge in [0.25, 0.3) is 17.7 Å². The highest BCUT2D eigenvalue weighted by Gasteiger charge is 2.45. The van der Waals surface area contributed by atoms with Crippen molar-refractivity contribution in [3.8, 4) is 5.69 Å². The lowest BCUT2D eigenvalue weighted by Crippen LogP contribution is -2.54. The summed E-state index contributed by atoms with van der Waals surface area (Å²) in [6.07, 6.45) is -1.37. The number of rotatable bonds is 16. The molecule has 2 aromatic heterocycles. The van der Waals surface area contributed by atoms with Crippen molar-refractivity contribution in [1.82, 2.24) is 29.9 Å². The average Bonchev–Trinajstić information content (AvgIpc) is 3.75. The van der Waals surface area contributed by atoms with Crippen molar-refractivity contribution in [2.24, 2.45) is 0 Å². The van der Waals surface area contributed by atoms with Gasteiger partial charge in [0, 0.05) is 67.8 Å². The molecule has 0 aliphatic carbocycles. The van der Waals surface area contributed by atoms with Crippen molar-refractivity contribution in [2.75, 3.05) is 44.0 Å². The highest BCUT2D eigenvalue weighted by Crippen LogP contribution is 2.34. The first kappa shape index (κ1) is 43.6. The number of nitrogens with one attached hydrogen (secondary N) is 3.